The van der Waals surface area contributed by atoms with Crippen LogP contribution in [0.2, 0.25) is 0 Å². The quantitative estimate of drug-likeness (QED) is 0.438. The van der Waals surface area contributed by atoms with Gasteiger partial charge in [-0.2, -0.15) is 0 Å². The molecule has 3 N–H and O–H groups in total. The molecule has 2 rings (SSSR count). The summed E-state index contributed by atoms with van der Waals surface area (Å²) >= 11 is 1.71. The van der Waals surface area contributed by atoms with Gasteiger partial charge < -0.3 is 15.6 Å². The fraction of sp³-hybridized carbons (Fsp3) is 0.400. The minimum absolute atomic E-state index is 0.114. The van der Waals surface area contributed by atoms with Crippen molar-refractivity contribution in [3.8, 4) is 11.8 Å². The van der Waals surface area contributed by atoms with Crippen molar-refractivity contribution in [1.82, 2.24) is 0 Å². The molecule has 0 saturated carbocycles. The average molecular weight is 343 g/mol. The average Bonchev–Trinajstić information content (AvgIpc) is 3.04. The highest BCUT2D eigenvalue weighted by atomic mass is 32.1. The van der Waals surface area contributed by atoms with Crippen molar-refractivity contribution in [2.75, 3.05) is 6.61 Å². The molecule has 0 bridgehead atoms. The van der Waals surface area contributed by atoms with E-state index in [1.165, 1.54) is 10.4 Å². The summed E-state index contributed by atoms with van der Waals surface area (Å²) in [6, 6.07) is 14.3. The van der Waals surface area contributed by atoms with Gasteiger partial charge in [0.25, 0.3) is 0 Å². The summed E-state index contributed by atoms with van der Waals surface area (Å²) in [5.41, 5.74) is 6.66. The van der Waals surface area contributed by atoms with E-state index in [1.807, 2.05) is 25.1 Å². The number of aliphatic hydroxyl groups is 1. The third kappa shape index (κ3) is 6.86. The highest BCUT2D eigenvalue weighted by Gasteiger charge is 2.09. The Morgan fingerprint density at radius 1 is 1.21 bits per heavy atom. The number of aryl methyl sites for hydroxylation is 1. The Bertz CT molecular complexity index is 655. The Kier molecular flexibility index (Phi) is 8.00. The van der Waals surface area contributed by atoms with E-state index >= 15 is 0 Å². The van der Waals surface area contributed by atoms with Gasteiger partial charge in [-0.3, -0.25) is 0 Å². The zero-order valence-corrected chi connectivity index (χ0v) is 14.9. The Balaban J connectivity index is 1.66. The molecular weight excluding hydrogens is 318 g/mol. The van der Waals surface area contributed by atoms with E-state index in [0.717, 1.165) is 24.1 Å². The first-order valence-electron chi connectivity index (χ1n) is 8.28. The molecule has 0 spiro atoms. The summed E-state index contributed by atoms with van der Waals surface area (Å²) < 4.78 is 5.62. The normalized spacial score (nSPS) is 13.1. The van der Waals surface area contributed by atoms with E-state index in [1.54, 1.807) is 11.3 Å². The fourth-order valence-electron chi connectivity index (χ4n) is 2.16. The van der Waals surface area contributed by atoms with Crippen LogP contribution in [0.1, 0.15) is 35.1 Å². The van der Waals surface area contributed by atoms with Gasteiger partial charge in [0.05, 0.1) is 18.1 Å². The second-order valence-electron chi connectivity index (χ2n) is 5.86. The lowest BCUT2D eigenvalue weighted by Gasteiger charge is -2.12. The molecule has 0 amide bonds. The van der Waals surface area contributed by atoms with Crippen LogP contribution in [0.25, 0.3) is 0 Å². The zero-order valence-electron chi connectivity index (χ0n) is 14.1. The molecule has 1 aromatic heterocycles. The molecular formula is C20H25NO2S. The van der Waals surface area contributed by atoms with E-state index in [-0.39, 0.29) is 5.92 Å². The molecule has 0 saturated heterocycles. The lowest BCUT2D eigenvalue weighted by molar-refractivity contribution is 0.119. The van der Waals surface area contributed by atoms with Crippen molar-refractivity contribution in [3.05, 3.63) is 57.8 Å². The summed E-state index contributed by atoms with van der Waals surface area (Å²) in [4.78, 5) is 2.36. The van der Waals surface area contributed by atoms with Crippen LogP contribution in [0.5, 0.6) is 0 Å². The molecule has 3 nitrogen and oxygen atoms in total. The second-order valence-corrected chi connectivity index (χ2v) is 7.03. The number of benzene rings is 1. The molecule has 0 radical (unpaired) electrons. The molecule has 1 aromatic carbocycles. The SMILES string of the molecule is CC(CCc1ccc(C#CCCOCc2ccccc2)s1)C(N)O. The maximum atomic E-state index is 9.31. The Morgan fingerprint density at radius 2 is 2.00 bits per heavy atom. The van der Waals surface area contributed by atoms with Crippen LogP contribution in [0.15, 0.2) is 42.5 Å². The van der Waals surface area contributed by atoms with Crippen LogP contribution < -0.4 is 5.73 Å². The van der Waals surface area contributed by atoms with Gasteiger partial charge >= 0.3 is 0 Å². The van der Waals surface area contributed by atoms with E-state index in [2.05, 4.69) is 36.1 Å². The van der Waals surface area contributed by atoms with Gasteiger partial charge in [0, 0.05) is 11.3 Å². The highest BCUT2D eigenvalue weighted by Crippen LogP contribution is 2.19. The van der Waals surface area contributed by atoms with Crippen molar-refractivity contribution in [2.24, 2.45) is 11.7 Å². The first kappa shape index (κ1) is 18.7. The third-order valence-electron chi connectivity index (χ3n) is 3.79. The van der Waals surface area contributed by atoms with Gasteiger partial charge in [0.1, 0.15) is 6.23 Å². The highest BCUT2D eigenvalue weighted by molar-refractivity contribution is 7.12. The van der Waals surface area contributed by atoms with Crippen molar-refractivity contribution < 1.29 is 9.84 Å². The summed E-state index contributed by atoms with van der Waals surface area (Å²) in [6.45, 7) is 3.25. The maximum Gasteiger partial charge on any atom is 0.105 e. The van der Waals surface area contributed by atoms with Crippen LogP contribution in [-0.4, -0.2) is 17.9 Å². The largest absolute Gasteiger partial charge is 0.379 e. The first-order valence-corrected chi connectivity index (χ1v) is 9.09. The molecule has 0 aliphatic heterocycles. The van der Waals surface area contributed by atoms with Gasteiger partial charge in [-0.05, 0) is 36.5 Å². The number of thiophene rings is 1. The number of aliphatic hydroxyl groups excluding tert-OH is 1. The summed E-state index contributed by atoms with van der Waals surface area (Å²) in [5, 5.41) is 9.31. The summed E-state index contributed by atoms with van der Waals surface area (Å²) in [7, 11) is 0. The number of hydrogen-bond donors (Lipinski definition) is 2. The molecule has 0 aliphatic rings. The van der Waals surface area contributed by atoms with Gasteiger partial charge in [0.2, 0.25) is 0 Å². The number of hydrogen-bond acceptors (Lipinski definition) is 4. The Morgan fingerprint density at radius 3 is 2.75 bits per heavy atom. The van der Waals surface area contributed by atoms with Gasteiger partial charge in [-0.1, -0.05) is 49.1 Å². The number of nitrogens with two attached hydrogens (primary N) is 1. The lowest BCUT2D eigenvalue weighted by Crippen LogP contribution is -2.27. The molecule has 128 valence electrons. The molecule has 0 aliphatic carbocycles. The molecule has 1 heterocycles. The molecule has 2 atom stereocenters. The van der Waals surface area contributed by atoms with Crippen molar-refractivity contribution in [2.45, 2.75) is 39.0 Å². The standard InChI is InChI=1S/C20H25NO2S/c1-16(20(21)22)10-11-19-13-12-18(24-19)9-5-6-14-23-15-17-7-3-2-4-8-17/h2-4,7-8,12-13,16,20,22H,6,10-11,14-15,21H2,1H3. The third-order valence-corrected chi connectivity index (χ3v) is 4.85. The number of rotatable bonds is 8. The fourth-order valence-corrected chi connectivity index (χ4v) is 3.05. The van der Waals surface area contributed by atoms with Gasteiger partial charge in [0.15, 0.2) is 0 Å². The molecule has 24 heavy (non-hydrogen) atoms. The molecule has 4 heteroatoms. The van der Waals surface area contributed by atoms with Crippen LogP contribution in [0.3, 0.4) is 0 Å². The predicted octanol–water partition coefficient (Wildman–Crippen LogP) is 3.55. The monoisotopic (exact) mass is 343 g/mol. The van der Waals surface area contributed by atoms with E-state index in [9.17, 15) is 5.11 Å². The van der Waals surface area contributed by atoms with Crippen LogP contribution >= 0.6 is 11.3 Å². The maximum absolute atomic E-state index is 9.31. The van der Waals surface area contributed by atoms with Crippen molar-refractivity contribution >= 4 is 11.3 Å². The van der Waals surface area contributed by atoms with Gasteiger partial charge in [-0.15, -0.1) is 11.3 Å². The van der Waals surface area contributed by atoms with Crippen LogP contribution in [0.4, 0.5) is 0 Å². The lowest BCUT2D eigenvalue weighted by atomic mass is 10.0. The van der Waals surface area contributed by atoms with Crippen LogP contribution in [-0.2, 0) is 17.8 Å². The minimum atomic E-state index is -0.736. The topological polar surface area (TPSA) is 55.5 Å². The van der Waals surface area contributed by atoms with Crippen molar-refractivity contribution in [1.29, 1.82) is 0 Å². The van der Waals surface area contributed by atoms with Crippen molar-refractivity contribution in [3.63, 3.8) is 0 Å². The summed E-state index contributed by atoms with van der Waals surface area (Å²) in [6.07, 6.45) is 1.82. The predicted molar refractivity (Wildman–Crippen MR) is 99.6 cm³/mol. The van der Waals surface area contributed by atoms with Crippen LogP contribution in [0, 0.1) is 17.8 Å². The molecule has 2 unspecified atom stereocenters. The minimum Gasteiger partial charge on any atom is -0.379 e. The Hall–Kier alpha value is -1.64. The Labute approximate surface area is 148 Å². The second kappa shape index (κ2) is 10.3. The number of ether oxygens (including phenoxy) is 1. The smallest absolute Gasteiger partial charge is 0.105 e. The molecule has 2 aromatic rings. The van der Waals surface area contributed by atoms with E-state index < -0.39 is 6.23 Å². The van der Waals surface area contributed by atoms with E-state index in [0.29, 0.717) is 13.2 Å². The van der Waals surface area contributed by atoms with Gasteiger partial charge in [-0.25, -0.2) is 0 Å². The summed E-state index contributed by atoms with van der Waals surface area (Å²) in [5.74, 6) is 6.46. The van der Waals surface area contributed by atoms with E-state index in [4.69, 9.17) is 10.5 Å². The first-order chi connectivity index (χ1) is 11.6. The molecule has 0 fully saturated rings. The zero-order chi connectivity index (χ0) is 17.2.